The van der Waals surface area contributed by atoms with Gasteiger partial charge in [0, 0.05) is 6.54 Å². The molecule has 0 fully saturated rings. The summed E-state index contributed by atoms with van der Waals surface area (Å²) in [5, 5.41) is 7.81. The van der Waals surface area contributed by atoms with Crippen molar-refractivity contribution < 1.29 is 4.79 Å². The number of amides is 1. The highest BCUT2D eigenvalue weighted by Gasteiger charge is 2.20. The van der Waals surface area contributed by atoms with Crippen molar-refractivity contribution in [3.63, 3.8) is 0 Å². The van der Waals surface area contributed by atoms with Crippen molar-refractivity contribution in [2.24, 2.45) is 0 Å². The highest BCUT2D eigenvalue weighted by Crippen LogP contribution is 2.23. The van der Waals surface area contributed by atoms with Gasteiger partial charge < -0.3 is 5.32 Å². The van der Waals surface area contributed by atoms with Gasteiger partial charge in [-0.15, -0.1) is 0 Å². The smallest absolute Gasteiger partial charge is 0.271 e. The predicted molar refractivity (Wildman–Crippen MR) is 114 cm³/mol. The van der Waals surface area contributed by atoms with Gasteiger partial charge in [0.2, 0.25) is 0 Å². The Hall–Kier alpha value is -2.59. The fraction of sp³-hybridized carbons (Fsp3) is 0.304. The number of rotatable bonds is 5. The Bertz CT molecular complexity index is 954. The molecule has 28 heavy (non-hydrogen) atoms. The molecule has 3 rings (SSSR count). The van der Waals surface area contributed by atoms with Crippen LogP contribution >= 0.6 is 11.6 Å². The number of hydrogen-bond acceptors (Lipinski definition) is 2. The van der Waals surface area contributed by atoms with Crippen LogP contribution in [0.25, 0.3) is 0 Å². The van der Waals surface area contributed by atoms with E-state index in [1.165, 1.54) is 5.56 Å². The van der Waals surface area contributed by atoms with Gasteiger partial charge in [0.1, 0.15) is 5.69 Å². The Balaban J connectivity index is 1.74. The monoisotopic (exact) mass is 395 g/mol. The molecule has 5 heteroatoms. The third-order valence-corrected chi connectivity index (χ3v) is 5.17. The first kappa shape index (κ1) is 20.2. The molecule has 1 amide bonds. The zero-order chi connectivity index (χ0) is 20.3. The summed E-state index contributed by atoms with van der Waals surface area (Å²) >= 11 is 6.38. The fourth-order valence-corrected chi connectivity index (χ4v) is 3.26. The van der Waals surface area contributed by atoms with Crippen LogP contribution in [0.1, 0.15) is 53.6 Å². The van der Waals surface area contributed by atoms with E-state index in [2.05, 4.69) is 55.5 Å². The maximum atomic E-state index is 12.8. The van der Waals surface area contributed by atoms with Crippen LogP contribution in [0.2, 0.25) is 5.02 Å². The number of hydrogen-bond donors (Lipinski definition) is 1. The third kappa shape index (κ3) is 4.63. The maximum Gasteiger partial charge on any atom is 0.271 e. The lowest BCUT2D eigenvalue weighted by atomic mass is 9.87. The molecule has 2 aromatic carbocycles. The second kappa shape index (κ2) is 8.19. The van der Waals surface area contributed by atoms with Crippen LogP contribution in [0.3, 0.4) is 0 Å². The lowest BCUT2D eigenvalue weighted by Crippen LogP contribution is -2.26. The lowest BCUT2D eigenvalue weighted by molar-refractivity contribution is 0.0940. The van der Waals surface area contributed by atoms with Crippen molar-refractivity contribution in [3.05, 3.63) is 87.7 Å². The van der Waals surface area contributed by atoms with Gasteiger partial charge in [-0.25, -0.2) is 0 Å². The highest BCUT2D eigenvalue weighted by molar-refractivity contribution is 6.34. The predicted octanol–water partition coefficient (Wildman–Crippen LogP) is 5.12. The zero-order valence-corrected chi connectivity index (χ0v) is 17.5. The van der Waals surface area contributed by atoms with Crippen LogP contribution in [0.15, 0.2) is 54.6 Å². The van der Waals surface area contributed by atoms with E-state index in [1.54, 1.807) is 4.68 Å². The number of aryl methyl sites for hydroxylation is 1. The molecular weight excluding hydrogens is 370 g/mol. The number of halogens is 1. The molecule has 0 saturated carbocycles. The van der Waals surface area contributed by atoms with Crippen LogP contribution in [-0.2, 0) is 18.5 Å². The van der Waals surface area contributed by atoms with Crippen molar-refractivity contribution in [3.8, 4) is 0 Å². The summed E-state index contributed by atoms with van der Waals surface area (Å²) in [5.41, 5.74) is 4.53. The van der Waals surface area contributed by atoms with E-state index in [4.69, 9.17) is 11.6 Å². The third-order valence-electron chi connectivity index (χ3n) is 4.72. The first-order chi connectivity index (χ1) is 13.3. The number of benzene rings is 2. The van der Waals surface area contributed by atoms with E-state index in [9.17, 15) is 4.79 Å². The van der Waals surface area contributed by atoms with Gasteiger partial charge in [0.15, 0.2) is 0 Å². The fourth-order valence-electron chi connectivity index (χ4n) is 3.04. The largest absolute Gasteiger partial charge is 0.347 e. The van der Waals surface area contributed by atoms with Gasteiger partial charge in [0.05, 0.1) is 17.3 Å². The molecule has 3 aromatic rings. The number of aromatic nitrogens is 2. The summed E-state index contributed by atoms with van der Waals surface area (Å²) in [6, 6.07) is 18.2. The quantitative estimate of drug-likeness (QED) is 0.651. The molecule has 1 N–H and O–H groups in total. The summed E-state index contributed by atoms with van der Waals surface area (Å²) in [6.45, 7) is 9.30. The van der Waals surface area contributed by atoms with Crippen LogP contribution in [0.4, 0.5) is 0 Å². The van der Waals surface area contributed by atoms with E-state index in [0.29, 0.717) is 29.5 Å². The van der Waals surface area contributed by atoms with Crippen molar-refractivity contribution in [1.29, 1.82) is 0 Å². The van der Waals surface area contributed by atoms with Gasteiger partial charge >= 0.3 is 0 Å². The van der Waals surface area contributed by atoms with Crippen LogP contribution in [0.5, 0.6) is 0 Å². The van der Waals surface area contributed by atoms with E-state index in [1.807, 2.05) is 37.3 Å². The average Bonchev–Trinajstić information content (AvgIpc) is 2.94. The second-order valence-corrected chi connectivity index (χ2v) is 8.40. The zero-order valence-electron chi connectivity index (χ0n) is 16.8. The molecule has 1 heterocycles. The molecule has 0 radical (unpaired) electrons. The molecule has 0 saturated heterocycles. The molecule has 0 atom stereocenters. The summed E-state index contributed by atoms with van der Waals surface area (Å²) < 4.78 is 1.67. The SMILES string of the molecule is Cc1nn(Cc2ccccc2)c(C(=O)NCc2ccc(C(C)(C)C)cc2)c1Cl. The first-order valence-corrected chi connectivity index (χ1v) is 9.78. The Morgan fingerprint density at radius 1 is 1.04 bits per heavy atom. The minimum atomic E-state index is -0.221. The van der Waals surface area contributed by atoms with Gasteiger partial charge in [-0.2, -0.15) is 5.10 Å². The number of carbonyl (C=O) groups excluding carboxylic acids is 1. The minimum Gasteiger partial charge on any atom is -0.347 e. The molecule has 146 valence electrons. The Labute approximate surface area is 171 Å². The summed E-state index contributed by atoms with van der Waals surface area (Å²) in [4.78, 5) is 12.8. The molecule has 0 aliphatic carbocycles. The molecular formula is C23H26ClN3O. The molecule has 0 aliphatic rings. The molecule has 0 unspecified atom stereocenters. The molecule has 4 nitrogen and oxygen atoms in total. The van der Waals surface area contributed by atoms with Crippen LogP contribution < -0.4 is 5.32 Å². The summed E-state index contributed by atoms with van der Waals surface area (Å²) in [7, 11) is 0. The van der Waals surface area contributed by atoms with E-state index in [0.717, 1.165) is 11.1 Å². The van der Waals surface area contributed by atoms with Crippen molar-refractivity contribution in [2.75, 3.05) is 0 Å². The lowest BCUT2D eigenvalue weighted by Gasteiger charge is -2.19. The first-order valence-electron chi connectivity index (χ1n) is 9.40. The van der Waals surface area contributed by atoms with Crippen molar-refractivity contribution in [2.45, 2.75) is 46.2 Å². The second-order valence-electron chi connectivity index (χ2n) is 8.02. The van der Waals surface area contributed by atoms with E-state index in [-0.39, 0.29) is 11.3 Å². The van der Waals surface area contributed by atoms with Crippen molar-refractivity contribution in [1.82, 2.24) is 15.1 Å². The van der Waals surface area contributed by atoms with Crippen molar-refractivity contribution >= 4 is 17.5 Å². The number of nitrogens with zero attached hydrogens (tertiary/aromatic N) is 2. The molecule has 0 aliphatic heterocycles. The maximum absolute atomic E-state index is 12.8. The molecule has 0 bridgehead atoms. The van der Waals surface area contributed by atoms with Gasteiger partial charge in [-0.05, 0) is 29.0 Å². The minimum absolute atomic E-state index is 0.108. The molecule has 0 spiro atoms. The topological polar surface area (TPSA) is 46.9 Å². The average molecular weight is 396 g/mol. The van der Waals surface area contributed by atoms with Gasteiger partial charge in [-0.3, -0.25) is 9.48 Å². The van der Waals surface area contributed by atoms with E-state index < -0.39 is 0 Å². The van der Waals surface area contributed by atoms with Crippen LogP contribution in [-0.4, -0.2) is 15.7 Å². The highest BCUT2D eigenvalue weighted by atomic mass is 35.5. The van der Waals surface area contributed by atoms with Gasteiger partial charge in [-0.1, -0.05) is 87.0 Å². The number of nitrogens with one attached hydrogen (secondary N) is 1. The molecule has 1 aromatic heterocycles. The normalized spacial score (nSPS) is 11.5. The number of carbonyl (C=O) groups is 1. The summed E-state index contributed by atoms with van der Waals surface area (Å²) in [6.07, 6.45) is 0. The Morgan fingerprint density at radius 2 is 1.68 bits per heavy atom. The summed E-state index contributed by atoms with van der Waals surface area (Å²) in [5.74, 6) is -0.221. The van der Waals surface area contributed by atoms with E-state index >= 15 is 0 Å². The van der Waals surface area contributed by atoms with Gasteiger partial charge in [0.25, 0.3) is 5.91 Å². The Morgan fingerprint density at radius 3 is 2.29 bits per heavy atom. The Kier molecular flexibility index (Phi) is 5.90. The van der Waals surface area contributed by atoms with Crippen LogP contribution in [0, 0.1) is 6.92 Å². The standard InChI is InChI=1S/C23H26ClN3O/c1-16-20(24)21(27(26-16)15-18-8-6-5-7-9-18)22(28)25-14-17-10-12-19(13-11-17)23(2,3)4/h5-13H,14-15H2,1-4H3,(H,25,28).